The van der Waals surface area contributed by atoms with E-state index in [1.165, 1.54) is 11.1 Å². The fourth-order valence-electron chi connectivity index (χ4n) is 7.23. The molecule has 0 radical (unpaired) electrons. The van der Waals surface area contributed by atoms with Crippen LogP contribution in [-0.4, -0.2) is 0 Å². The van der Waals surface area contributed by atoms with Crippen LogP contribution in [0.25, 0.3) is 66.1 Å². The van der Waals surface area contributed by atoms with Crippen LogP contribution >= 0.6 is 0 Å². The van der Waals surface area contributed by atoms with Crippen LogP contribution in [0.5, 0.6) is 5.75 Å². The number of hydrogen-bond acceptors (Lipinski definition) is 4. The number of nitrogens with zero attached hydrogens (tertiary/aromatic N) is 1. The topological polar surface area (TPSA) is 38.8 Å². The third-order valence-corrected chi connectivity index (χ3v) is 9.36. The predicted octanol–water partition coefficient (Wildman–Crippen LogP) is 12.2. The van der Waals surface area contributed by atoms with E-state index in [0.717, 1.165) is 83.4 Å². The number of fused-ring (bicyclic) bond motifs is 10. The molecule has 0 unspecified atom stereocenters. The Labute approximate surface area is 270 Å². The molecule has 222 valence electrons. The molecule has 0 bridgehead atoms. The quantitative estimate of drug-likeness (QED) is 0.200. The molecule has 0 aliphatic carbocycles. The average Bonchev–Trinajstić information content (AvgIpc) is 3.70. The molecule has 1 aliphatic heterocycles. The van der Waals surface area contributed by atoms with Crippen molar-refractivity contribution in [1.29, 1.82) is 0 Å². The fraction of sp³-hybridized carbons (Fsp3) is 0.0233. The van der Waals surface area contributed by atoms with Crippen LogP contribution in [0.3, 0.4) is 0 Å². The van der Waals surface area contributed by atoms with Crippen LogP contribution in [0.15, 0.2) is 160 Å². The number of benzene rings is 7. The molecule has 3 heterocycles. The Morgan fingerprint density at radius 2 is 1.15 bits per heavy atom. The molecule has 0 saturated heterocycles. The number of furan rings is 2. The van der Waals surface area contributed by atoms with Gasteiger partial charge in [-0.1, -0.05) is 84.9 Å². The SMILES string of the molecule is c1ccc(N(c2ccc(-c3ccc4c(c3)oc3ccc5oc6ccccc6c5c34)cc2)c2cccc3c2-c2ccccc2OC3)cc1. The Morgan fingerprint density at radius 3 is 2.00 bits per heavy atom. The van der Waals surface area contributed by atoms with Gasteiger partial charge in [-0.3, -0.25) is 0 Å². The van der Waals surface area contributed by atoms with Gasteiger partial charge in [0.15, 0.2) is 0 Å². The van der Waals surface area contributed by atoms with E-state index in [2.05, 4.69) is 126 Å². The Bertz CT molecular complexity index is 2630. The zero-order valence-corrected chi connectivity index (χ0v) is 25.3. The average molecular weight is 606 g/mol. The van der Waals surface area contributed by atoms with E-state index >= 15 is 0 Å². The lowest BCUT2D eigenvalue weighted by Gasteiger charge is -2.31. The van der Waals surface area contributed by atoms with Gasteiger partial charge in [-0.2, -0.15) is 0 Å². The minimum atomic E-state index is 0.550. The lowest BCUT2D eigenvalue weighted by molar-refractivity contribution is 0.302. The van der Waals surface area contributed by atoms with E-state index < -0.39 is 0 Å². The molecule has 2 aromatic heterocycles. The highest BCUT2D eigenvalue weighted by Crippen LogP contribution is 2.47. The summed E-state index contributed by atoms with van der Waals surface area (Å²) in [5, 5.41) is 4.40. The zero-order valence-electron chi connectivity index (χ0n) is 25.3. The van der Waals surface area contributed by atoms with Gasteiger partial charge in [0.05, 0.1) is 5.69 Å². The highest BCUT2D eigenvalue weighted by atomic mass is 16.5. The normalized spacial score (nSPS) is 12.3. The van der Waals surface area contributed by atoms with Gasteiger partial charge >= 0.3 is 0 Å². The van der Waals surface area contributed by atoms with Crippen molar-refractivity contribution in [3.05, 3.63) is 157 Å². The molecule has 7 aromatic carbocycles. The molecule has 4 nitrogen and oxygen atoms in total. The standard InChI is InChI=1S/C43H27NO3/c1-2-10-30(11-3-1)44(35-14-8-9-29-26-45-36-15-6-4-12-32(36)41(29)35)31-20-17-27(18-21-31)28-19-22-34-40(25-28)47-39-24-23-38-42(43(34)39)33-13-5-7-16-37(33)46-38/h1-25H,26H2. The first-order valence-electron chi connectivity index (χ1n) is 15.9. The van der Waals surface area contributed by atoms with E-state index in [1.54, 1.807) is 0 Å². The number of hydrogen-bond donors (Lipinski definition) is 0. The van der Waals surface area contributed by atoms with Crippen molar-refractivity contribution in [2.24, 2.45) is 0 Å². The van der Waals surface area contributed by atoms with Crippen LogP contribution in [0, 0.1) is 0 Å². The van der Waals surface area contributed by atoms with E-state index in [4.69, 9.17) is 13.6 Å². The smallest absolute Gasteiger partial charge is 0.136 e. The van der Waals surface area contributed by atoms with Crippen molar-refractivity contribution in [3.63, 3.8) is 0 Å². The molecule has 10 rings (SSSR count). The summed E-state index contributed by atoms with van der Waals surface area (Å²) >= 11 is 0. The van der Waals surface area contributed by atoms with Crippen LogP contribution in [-0.2, 0) is 6.61 Å². The number of anilines is 3. The molecular weight excluding hydrogens is 578 g/mol. The van der Waals surface area contributed by atoms with Gasteiger partial charge in [-0.15, -0.1) is 0 Å². The minimum Gasteiger partial charge on any atom is -0.488 e. The number of para-hydroxylation sites is 3. The molecule has 4 heteroatoms. The molecule has 0 fully saturated rings. The van der Waals surface area contributed by atoms with Gasteiger partial charge in [-0.25, -0.2) is 0 Å². The van der Waals surface area contributed by atoms with Gasteiger partial charge in [-0.05, 0) is 83.4 Å². The van der Waals surface area contributed by atoms with Gasteiger partial charge in [0.25, 0.3) is 0 Å². The van der Waals surface area contributed by atoms with Crippen molar-refractivity contribution in [2.45, 2.75) is 6.61 Å². The zero-order chi connectivity index (χ0) is 30.9. The van der Waals surface area contributed by atoms with Gasteiger partial charge in [0.2, 0.25) is 0 Å². The van der Waals surface area contributed by atoms with Crippen molar-refractivity contribution >= 4 is 60.9 Å². The van der Waals surface area contributed by atoms with E-state index in [9.17, 15) is 0 Å². The van der Waals surface area contributed by atoms with Crippen molar-refractivity contribution in [3.8, 4) is 28.0 Å². The maximum atomic E-state index is 6.44. The summed E-state index contributed by atoms with van der Waals surface area (Å²) in [6.07, 6.45) is 0. The van der Waals surface area contributed by atoms with E-state index in [1.807, 2.05) is 30.3 Å². The molecule has 0 spiro atoms. The summed E-state index contributed by atoms with van der Waals surface area (Å²) in [7, 11) is 0. The van der Waals surface area contributed by atoms with Crippen LogP contribution in [0.4, 0.5) is 17.1 Å². The summed E-state index contributed by atoms with van der Waals surface area (Å²) in [4.78, 5) is 2.34. The molecule has 47 heavy (non-hydrogen) atoms. The summed E-state index contributed by atoms with van der Waals surface area (Å²) in [6, 6.07) is 52.9. The minimum absolute atomic E-state index is 0.550. The van der Waals surface area contributed by atoms with E-state index in [-0.39, 0.29) is 0 Å². The first-order valence-corrected chi connectivity index (χ1v) is 15.9. The monoisotopic (exact) mass is 605 g/mol. The molecule has 1 aliphatic rings. The highest BCUT2D eigenvalue weighted by Gasteiger charge is 2.24. The van der Waals surface area contributed by atoms with E-state index in [0.29, 0.717) is 6.61 Å². The Balaban J connectivity index is 1.08. The van der Waals surface area contributed by atoms with Crippen LogP contribution in [0.2, 0.25) is 0 Å². The second kappa shape index (κ2) is 10.1. The van der Waals surface area contributed by atoms with Crippen molar-refractivity contribution in [2.75, 3.05) is 4.90 Å². The third kappa shape index (κ3) is 4.01. The predicted molar refractivity (Wildman–Crippen MR) is 191 cm³/mol. The fourth-order valence-corrected chi connectivity index (χ4v) is 7.23. The Kier molecular flexibility index (Phi) is 5.60. The van der Waals surface area contributed by atoms with Crippen LogP contribution < -0.4 is 9.64 Å². The maximum absolute atomic E-state index is 6.44. The molecule has 9 aromatic rings. The Hall–Kier alpha value is -6.26. The lowest BCUT2D eigenvalue weighted by Crippen LogP contribution is -2.14. The molecule has 0 amide bonds. The highest BCUT2D eigenvalue weighted by molar-refractivity contribution is 6.25. The first-order chi connectivity index (χ1) is 23.3. The second-order valence-corrected chi connectivity index (χ2v) is 12.0. The van der Waals surface area contributed by atoms with Gasteiger partial charge in [0, 0.05) is 44.0 Å². The largest absolute Gasteiger partial charge is 0.488 e. The summed E-state index contributed by atoms with van der Waals surface area (Å²) in [6.45, 7) is 0.550. The third-order valence-electron chi connectivity index (χ3n) is 9.36. The maximum Gasteiger partial charge on any atom is 0.136 e. The number of ether oxygens (including phenoxy) is 1. The first kappa shape index (κ1) is 26.0. The summed E-state index contributed by atoms with van der Waals surface area (Å²) in [5.74, 6) is 0.915. The molecular formula is C43H27NO3. The lowest BCUT2D eigenvalue weighted by atomic mass is 9.94. The van der Waals surface area contributed by atoms with Crippen molar-refractivity contribution in [1.82, 2.24) is 0 Å². The molecule has 0 saturated carbocycles. The van der Waals surface area contributed by atoms with Crippen LogP contribution in [0.1, 0.15) is 5.56 Å². The van der Waals surface area contributed by atoms with Gasteiger partial charge in [0.1, 0.15) is 34.7 Å². The molecule has 0 N–H and O–H groups in total. The van der Waals surface area contributed by atoms with Crippen molar-refractivity contribution < 1.29 is 13.6 Å². The summed E-state index contributed by atoms with van der Waals surface area (Å²) in [5.41, 5.74) is 12.5. The summed E-state index contributed by atoms with van der Waals surface area (Å²) < 4.78 is 18.7. The second-order valence-electron chi connectivity index (χ2n) is 12.0. The molecule has 0 atom stereocenters. The number of rotatable bonds is 4. The Morgan fingerprint density at radius 1 is 0.468 bits per heavy atom. The van der Waals surface area contributed by atoms with Gasteiger partial charge < -0.3 is 18.5 Å².